The lowest BCUT2D eigenvalue weighted by Gasteiger charge is -2.25. The SMILES string of the molecule is CC(=O)O.COC(=O)C1=C(C)N=c2s/c(=C3\C(=O)N(Cc4ccc(C)cc4)c4ccccc43)c(=O)n2C1c1ccc(OC(C)=O)c(OC)c1.COC(=O)C1=C(C)N=c2s/c(=C3\C(=O)N(Cc4ccc(C)cc4)c4ccccc43)c(=O)n2C1c1ccc(OC(C)=O)c(OC)c1. The summed E-state index contributed by atoms with van der Waals surface area (Å²) in [5.41, 5.74) is 8.49. The predicted molar refractivity (Wildman–Crippen MR) is 349 cm³/mol. The van der Waals surface area contributed by atoms with Gasteiger partial charge in [-0.3, -0.25) is 42.7 Å². The van der Waals surface area contributed by atoms with E-state index in [4.69, 9.17) is 38.3 Å². The molecule has 4 aliphatic rings. The van der Waals surface area contributed by atoms with Gasteiger partial charge < -0.3 is 43.3 Å². The molecular formula is C70H62N6O16S2. The minimum atomic E-state index is -0.960. The molecule has 2 aromatic heterocycles. The minimum Gasteiger partial charge on any atom is -0.493 e. The van der Waals surface area contributed by atoms with Crippen molar-refractivity contribution in [1.82, 2.24) is 9.13 Å². The highest BCUT2D eigenvalue weighted by Gasteiger charge is 2.40. The number of methoxy groups -OCH3 is 4. The zero-order valence-corrected chi connectivity index (χ0v) is 54.5. The predicted octanol–water partition coefficient (Wildman–Crippen LogP) is 7.23. The molecule has 12 rings (SSSR count). The maximum Gasteiger partial charge on any atom is 0.338 e. The van der Waals surface area contributed by atoms with Crippen molar-refractivity contribution in [3.05, 3.63) is 240 Å². The first-order valence-corrected chi connectivity index (χ1v) is 30.7. The monoisotopic (exact) mass is 1310 g/mol. The average molecular weight is 1310 g/mol. The first kappa shape index (κ1) is 65.8. The number of carboxylic acids is 1. The molecule has 0 saturated heterocycles. The number of benzene rings is 6. The molecule has 2 amide bonds. The summed E-state index contributed by atoms with van der Waals surface area (Å²) in [6, 6.07) is 38.3. The number of carboxylic acid groups (broad SMARTS) is 1. The fraction of sp³-hybridized carbons (Fsp3) is 0.214. The van der Waals surface area contributed by atoms with Crippen LogP contribution in [0.5, 0.6) is 23.0 Å². The molecular weight excluding hydrogens is 1240 g/mol. The molecule has 2 unspecified atom stereocenters. The normalized spacial score (nSPS) is 16.2. The maximum absolute atomic E-state index is 14.4. The smallest absolute Gasteiger partial charge is 0.338 e. The minimum absolute atomic E-state index is 0.155. The van der Waals surface area contributed by atoms with Crippen molar-refractivity contribution in [1.29, 1.82) is 0 Å². The van der Waals surface area contributed by atoms with E-state index in [9.17, 15) is 38.4 Å². The Morgan fingerprint density at radius 1 is 0.489 bits per heavy atom. The van der Waals surface area contributed by atoms with Crippen molar-refractivity contribution < 1.29 is 67.1 Å². The third kappa shape index (κ3) is 12.8. The second-order valence-corrected chi connectivity index (χ2v) is 23.8. The van der Waals surface area contributed by atoms with Crippen LogP contribution in [0.1, 0.15) is 91.2 Å². The quantitative estimate of drug-likeness (QED) is 0.0933. The number of aryl methyl sites for hydroxylation is 2. The van der Waals surface area contributed by atoms with Crippen LogP contribution in [0.15, 0.2) is 176 Å². The Kier molecular flexibility index (Phi) is 19.2. The lowest BCUT2D eigenvalue weighted by atomic mass is 9.95. The number of aliphatic carboxylic acids is 1. The molecule has 24 heteroatoms. The lowest BCUT2D eigenvalue weighted by Crippen LogP contribution is -2.40. The highest BCUT2D eigenvalue weighted by Crippen LogP contribution is 2.41. The molecule has 1 N–H and O–H groups in total. The van der Waals surface area contributed by atoms with Gasteiger partial charge in [0.15, 0.2) is 32.6 Å². The van der Waals surface area contributed by atoms with E-state index < -0.39 is 53.0 Å². The fourth-order valence-electron chi connectivity index (χ4n) is 11.4. The van der Waals surface area contributed by atoms with Gasteiger partial charge in [0.1, 0.15) is 9.06 Å². The Morgan fingerprint density at radius 3 is 1.17 bits per heavy atom. The number of amides is 2. The largest absolute Gasteiger partial charge is 0.493 e. The van der Waals surface area contributed by atoms with Gasteiger partial charge in [-0.25, -0.2) is 19.6 Å². The molecule has 0 fully saturated rings. The zero-order valence-electron chi connectivity index (χ0n) is 52.8. The molecule has 480 valence electrons. The molecule has 4 aliphatic heterocycles. The molecule has 6 heterocycles. The van der Waals surface area contributed by atoms with Gasteiger partial charge in [-0.05, 0) is 86.3 Å². The second-order valence-electron chi connectivity index (χ2n) is 21.9. The summed E-state index contributed by atoms with van der Waals surface area (Å²) < 4.78 is 35.0. The molecule has 2 atom stereocenters. The summed E-state index contributed by atoms with van der Waals surface area (Å²) in [7, 11) is 5.36. The number of anilines is 2. The number of para-hydroxylation sites is 2. The summed E-state index contributed by atoms with van der Waals surface area (Å²) in [4.78, 5) is 129. The molecule has 0 bridgehead atoms. The number of ether oxygens (including phenoxy) is 6. The van der Waals surface area contributed by atoms with Gasteiger partial charge in [-0.15, -0.1) is 0 Å². The average Bonchev–Trinajstić information content (AvgIpc) is 1.55. The van der Waals surface area contributed by atoms with Crippen LogP contribution in [0.3, 0.4) is 0 Å². The van der Waals surface area contributed by atoms with Crippen LogP contribution in [0, 0.1) is 13.8 Å². The topological polar surface area (TPSA) is 270 Å². The maximum atomic E-state index is 14.4. The first-order valence-electron chi connectivity index (χ1n) is 29.1. The van der Waals surface area contributed by atoms with Gasteiger partial charge in [0.05, 0.1) is 98.7 Å². The Labute approximate surface area is 545 Å². The number of aromatic nitrogens is 2. The number of carbonyl (C=O) groups is 7. The standard InChI is InChI=1S/2C34H29N3O7S.C2H4O2/c2*1-18-10-12-21(13-11-18)17-36-24-9-7-6-8-23(24)28(31(36)39)30-32(40)37-29(27(33(41)43-5)19(2)35-34(37)45-30)22-14-15-25(44-20(3)38)26(16-22)42-4;1-2(3)4/h2*6-16,29H,17H2,1-5H3;1H3,(H,3,4)/b2*30-28-;. The highest BCUT2D eigenvalue weighted by molar-refractivity contribution is 7.07. The van der Waals surface area contributed by atoms with Gasteiger partial charge in [0.25, 0.3) is 28.9 Å². The zero-order chi connectivity index (χ0) is 67.6. The van der Waals surface area contributed by atoms with Crippen molar-refractivity contribution in [3.8, 4) is 23.0 Å². The number of rotatable bonds is 12. The molecule has 8 aromatic rings. The van der Waals surface area contributed by atoms with Crippen LogP contribution in [-0.4, -0.2) is 84.3 Å². The van der Waals surface area contributed by atoms with E-state index in [1.54, 1.807) is 47.9 Å². The molecule has 94 heavy (non-hydrogen) atoms. The van der Waals surface area contributed by atoms with Crippen LogP contribution < -0.4 is 58.5 Å². The number of thiazole rings is 2. The van der Waals surface area contributed by atoms with E-state index in [2.05, 4.69) is 9.98 Å². The molecule has 0 spiro atoms. The molecule has 0 aliphatic carbocycles. The van der Waals surface area contributed by atoms with Crippen molar-refractivity contribution >= 4 is 86.9 Å². The van der Waals surface area contributed by atoms with Crippen molar-refractivity contribution in [2.75, 3.05) is 38.2 Å². The lowest BCUT2D eigenvalue weighted by molar-refractivity contribution is -0.137. The molecule has 0 saturated carbocycles. The Balaban J connectivity index is 0.000000194. The summed E-state index contributed by atoms with van der Waals surface area (Å²) >= 11 is 2.19. The van der Waals surface area contributed by atoms with Crippen LogP contribution >= 0.6 is 22.7 Å². The fourth-order valence-corrected chi connectivity index (χ4v) is 13.6. The molecule has 22 nitrogen and oxygen atoms in total. The van der Waals surface area contributed by atoms with E-state index in [0.29, 0.717) is 67.7 Å². The van der Waals surface area contributed by atoms with E-state index >= 15 is 0 Å². The number of esters is 4. The van der Waals surface area contributed by atoms with Gasteiger partial charge in [0.2, 0.25) is 0 Å². The van der Waals surface area contributed by atoms with Gasteiger partial charge in [-0.1, -0.05) is 131 Å². The summed E-state index contributed by atoms with van der Waals surface area (Å²) in [6.07, 6.45) is 0. The number of nitrogens with zero attached hydrogens (tertiary/aromatic N) is 6. The van der Waals surface area contributed by atoms with Crippen molar-refractivity contribution in [3.63, 3.8) is 0 Å². The number of allylic oxidation sites excluding steroid dienone is 2. The Morgan fingerprint density at radius 2 is 0.840 bits per heavy atom. The third-order valence-electron chi connectivity index (χ3n) is 15.5. The van der Waals surface area contributed by atoms with E-state index in [-0.39, 0.29) is 66.2 Å². The third-order valence-corrected chi connectivity index (χ3v) is 17.6. The second kappa shape index (κ2) is 27.4. The van der Waals surface area contributed by atoms with Crippen molar-refractivity contribution in [2.45, 2.75) is 73.6 Å². The van der Waals surface area contributed by atoms with Crippen LogP contribution in [0.4, 0.5) is 11.4 Å². The molecule has 0 radical (unpaired) electrons. The Bertz CT molecular complexity index is 4630. The van der Waals surface area contributed by atoms with Gasteiger partial charge in [0, 0.05) is 31.9 Å². The van der Waals surface area contributed by atoms with E-state index in [1.165, 1.54) is 63.6 Å². The Hall–Kier alpha value is -11.1. The van der Waals surface area contributed by atoms with Crippen molar-refractivity contribution in [2.24, 2.45) is 9.98 Å². The number of carbonyl (C=O) groups excluding carboxylic acids is 6. The number of hydrogen-bond acceptors (Lipinski definition) is 19. The summed E-state index contributed by atoms with van der Waals surface area (Å²) in [5, 5.41) is 7.42. The summed E-state index contributed by atoms with van der Waals surface area (Å²) in [6.45, 7) is 11.6. The van der Waals surface area contributed by atoms with E-state index in [1.807, 2.05) is 111 Å². The number of fused-ring (bicyclic) bond motifs is 4. The summed E-state index contributed by atoms with van der Waals surface area (Å²) in [5.74, 6) is -2.96. The first-order chi connectivity index (χ1) is 45.0. The molecule has 6 aromatic carbocycles. The highest BCUT2D eigenvalue weighted by atomic mass is 32.1. The van der Waals surface area contributed by atoms with Crippen LogP contribution in [0.25, 0.3) is 11.1 Å². The van der Waals surface area contributed by atoms with Gasteiger partial charge >= 0.3 is 23.9 Å². The van der Waals surface area contributed by atoms with Gasteiger partial charge in [-0.2, -0.15) is 0 Å². The van der Waals surface area contributed by atoms with Crippen LogP contribution in [-0.2, 0) is 56.1 Å². The van der Waals surface area contributed by atoms with E-state index in [0.717, 1.165) is 51.9 Å². The number of hydrogen-bond donors (Lipinski definition) is 1. The van der Waals surface area contributed by atoms with Crippen LogP contribution in [0.2, 0.25) is 0 Å².